The van der Waals surface area contributed by atoms with E-state index in [1.165, 1.54) is 25.7 Å². The predicted octanol–water partition coefficient (Wildman–Crippen LogP) is 6.06. The number of nitrogens with one attached hydrogen (secondary N) is 1. The summed E-state index contributed by atoms with van der Waals surface area (Å²) in [5, 5.41) is 11.9. The van der Waals surface area contributed by atoms with Crippen molar-refractivity contribution in [3.8, 4) is 23.3 Å². The van der Waals surface area contributed by atoms with E-state index in [1.54, 1.807) is 24.3 Å². The molecular weight excluding hydrogens is 505 g/mol. The number of hydrogen-bond donors (Lipinski definition) is 1. The molecule has 2 aromatic carbocycles. The van der Waals surface area contributed by atoms with Gasteiger partial charge in [0.1, 0.15) is 11.6 Å². The predicted molar refractivity (Wildman–Crippen MR) is 136 cm³/mol. The van der Waals surface area contributed by atoms with E-state index in [9.17, 15) is 18.0 Å². The Morgan fingerprint density at radius 2 is 2.03 bits per heavy atom. The fraction of sp³-hybridized carbons (Fsp3) is 0.346. The first kappa shape index (κ1) is 26.6. The maximum absolute atomic E-state index is 13.5. The topological polar surface area (TPSA) is 86.9 Å². The fourth-order valence-electron chi connectivity index (χ4n) is 4.28. The van der Waals surface area contributed by atoms with E-state index in [1.807, 2.05) is 0 Å². The molecule has 7 nitrogen and oxygen atoms in total. The number of carbonyl (C=O) groups excluding carboxylic acids is 1. The van der Waals surface area contributed by atoms with E-state index in [0.717, 1.165) is 43.3 Å². The Kier molecular flexibility index (Phi) is 8.10. The van der Waals surface area contributed by atoms with Crippen LogP contribution in [-0.2, 0) is 6.18 Å². The Bertz CT molecular complexity index is 1290. The third-order valence-electron chi connectivity index (χ3n) is 6.19. The number of methoxy groups -OCH3 is 1. The number of thioether (sulfide) groups is 1. The summed E-state index contributed by atoms with van der Waals surface area (Å²) in [5.41, 5.74) is -0.530. The van der Waals surface area contributed by atoms with Crippen LogP contribution in [0, 0.1) is 11.3 Å². The number of carbonyl (C=O) groups is 1. The van der Waals surface area contributed by atoms with Crippen molar-refractivity contribution >= 4 is 28.9 Å². The van der Waals surface area contributed by atoms with Gasteiger partial charge < -0.3 is 19.7 Å². The number of alkyl halides is 3. The van der Waals surface area contributed by atoms with Gasteiger partial charge in [-0.3, -0.25) is 4.79 Å². The van der Waals surface area contributed by atoms with Gasteiger partial charge in [-0.05, 0) is 86.6 Å². The van der Waals surface area contributed by atoms with Crippen LogP contribution in [-0.4, -0.2) is 49.3 Å². The van der Waals surface area contributed by atoms with Crippen LogP contribution < -0.4 is 14.8 Å². The molecule has 1 N–H and O–H groups in total. The molecule has 0 spiro atoms. The first-order valence-corrected chi connectivity index (χ1v) is 12.4. The normalized spacial score (nSPS) is 19.1. The number of amides is 1. The van der Waals surface area contributed by atoms with Crippen molar-refractivity contribution in [1.29, 1.82) is 5.26 Å². The molecule has 1 atom stereocenters. The highest BCUT2D eigenvalue weighted by Gasteiger charge is 2.35. The van der Waals surface area contributed by atoms with Crippen molar-refractivity contribution in [2.75, 3.05) is 27.2 Å². The minimum atomic E-state index is -4.71. The number of nitrogens with zero attached hydrogens (tertiary/aromatic N) is 3. The summed E-state index contributed by atoms with van der Waals surface area (Å²) in [5.74, 6) is 0.335. The fourth-order valence-corrected chi connectivity index (χ4v) is 5.01. The second-order valence-electron chi connectivity index (χ2n) is 8.66. The molecule has 2 heterocycles. The molecule has 1 saturated heterocycles. The Morgan fingerprint density at radius 3 is 2.70 bits per heavy atom. The Morgan fingerprint density at radius 1 is 1.24 bits per heavy atom. The number of amidine groups is 1. The Labute approximate surface area is 217 Å². The van der Waals surface area contributed by atoms with E-state index in [0.29, 0.717) is 28.9 Å². The van der Waals surface area contributed by atoms with Gasteiger partial charge in [0.2, 0.25) is 0 Å². The van der Waals surface area contributed by atoms with E-state index < -0.39 is 17.5 Å². The monoisotopic (exact) mass is 530 g/mol. The van der Waals surface area contributed by atoms with Gasteiger partial charge in [-0.1, -0.05) is 6.07 Å². The first-order valence-electron chi connectivity index (χ1n) is 11.6. The number of ether oxygens (including phenoxy) is 2. The standard InChI is InChI=1S/C26H25F3N4O3S/c1-33-11-3-4-18(33)9-10-31-24-23(37-25(34)32-24)14-16-5-8-21(22(13-16)35-2)36-20-7-6-17(15-30)12-19(20)26(27,28)29/h5-8,12-14,18H,3-4,9-11H2,1-2H3,(H,31,32,34). The van der Waals surface area contributed by atoms with Crippen molar-refractivity contribution in [3.63, 3.8) is 0 Å². The number of hydrogen-bond acceptors (Lipinski definition) is 7. The summed E-state index contributed by atoms with van der Waals surface area (Å²) in [7, 11) is 3.49. The molecule has 4 rings (SSSR count). The molecule has 2 aliphatic heterocycles. The van der Waals surface area contributed by atoms with Crippen LogP contribution in [0.15, 0.2) is 46.3 Å². The van der Waals surface area contributed by atoms with Gasteiger partial charge in [-0.15, -0.1) is 0 Å². The second-order valence-corrected chi connectivity index (χ2v) is 9.66. The third-order valence-corrected chi connectivity index (χ3v) is 6.99. The summed E-state index contributed by atoms with van der Waals surface area (Å²) < 4.78 is 51.5. The van der Waals surface area contributed by atoms with E-state index in [4.69, 9.17) is 14.7 Å². The van der Waals surface area contributed by atoms with Crippen LogP contribution in [0.25, 0.3) is 6.08 Å². The molecule has 0 aromatic heterocycles. The van der Waals surface area contributed by atoms with Crippen molar-refractivity contribution in [2.45, 2.75) is 31.5 Å². The summed E-state index contributed by atoms with van der Waals surface area (Å²) in [6.45, 7) is 1.77. The van der Waals surface area contributed by atoms with Gasteiger partial charge in [-0.25, -0.2) is 0 Å². The number of likely N-dealkylation sites (tertiary alicyclic amines) is 1. The molecular formula is C26H25F3N4O3S. The number of rotatable bonds is 7. The van der Waals surface area contributed by atoms with Crippen molar-refractivity contribution in [2.24, 2.45) is 4.99 Å². The molecule has 0 aliphatic carbocycles. The van der Waals surface area contributed by atoms with Crippen LogP contribution in [0.5, 0.6) is 17.2 Å². The van der Waals surface area contributed by atoms with Gasteiger partial charge in [0.25, 0.3) is 0 Å². The molecule has 0 saturated carbocycles. The van der Waals surface area contributed by atoms with Crippen LogP contribution in [0.2, 0.25) is 0 Å². The molecule has 0 radical (unpaired) electrons. The Balaban J connectivity index is 1.51. The lowest BCUT2D eigenvalue weighted by atomic mass is 10.1. The average Bonchev–Trinajstić information content (AvgIpc) is 3.43. The van der Waals surface area contributed by atoms with Gasteiger partial charge in [0.05, 0.1) is 29.2 Å². The lowest BCUT2D eigenvalue weighted by molar-refractivity contribution is -0.138. The highest BCUT2D eigenvalue weighted by atomic mass is 32.2. The number of nitriles is 1. The zero-order chi connectivity index (χ0) is 26.6. The number of halogens is 3. The minimum Gasteiger partial charge on any atom is -0.493 e. The molecule has 1 fully saturated rings. The SMILES string of the molecule is COc1cc(C=C2SC(=O)N=C2NCCC2CCCN2C)ccc1Oc1ccc(C#N)cc1C(F)(F)F. The van der Waals surface area contributed by atoms with E-state index in [-0.39, 0.29) is 22.3 Å². The van der Waals surface area contributed by atoms with E-state index in [2.05, 4.69) is 22.3 Å². The van der Waals surface area contributed by atoms with Crippen molar-refractivity contribution in [3.05, 3.63) is 58.0 Å². The summed E-state index contributed by atoms with van der Waals surface area (Å²) >= 11 is 1.00. The van der Waals surface area contributed by atoms with Gasteiger partial charge in [-0.2, -0.15) is 23.4 Å². The molecule has 1 unspecified atom stereocenters. The molecule has 2 aromatic rings. The zero-order valence-electron chi connectivity index (χ0n) is 20.3. The maximum atomic E-state index is 13.5. The first-order chi connectivity index (χ1) is 17.7. The molecule has 0 bridgehead atoms. The summed E-state index contributed by atoms with van der Waals surface area (Å²) in [6, 6.07) is 10.1. The smallest absolute Gasteiger partial charge is 0.420 e. The number of benzene rings is 2. The van der Waals surface area contributed by atoms with E-state index >= 15 is 0 Å². The van der Waals surface area contributed by atoms with Crippen molar-refractivity contribution in [1.82, 2.24) is 10.2 Å². The van der Waals surface area contributed by atoms with Gasteiger partial charge >= 0.3 is 11.4 Å². The largest absolute Gasteiger partial charge is 0.493 e. The van der Waals surface area contributed by atoms with Crippen LogP contribution >= 0.6 is 11.8 Å². The van der Waals surface area contributed by atoms with Crippen molar-refractivity contribution < 1.29 is 27.4 Å². The molecule has 11 heteroatoms. The molecule has 1 amide bonds. The maximum Gasteiger partial charge on any atom is 0.420 e. The van der Waals surface area contributed by atoms with Crippen LogP contribution in [0.3, 0.4) is 0 Å². The van der Waals surface area contributed by atoms with Crippen LogP contribution in [0.4, 0.5) is 18.0 Å². The lowest BCUT2D eigenvalue weighted by Gasteiger charge is -2.19. The Hall–Kier alpha value is -3.49. The number of aliphatic imine (C=N–C) groups is 1. The zero-order valence-corrected chi connectivity index (χ0v) is 21.1. The van der Waals surface area contributed by atoms with Crippen LogP contribution in [0.1, 0.15) is 36.0 Å². The molecule has 2 aliphatic rings. The van der Waals surface area contributed by atoms with Gasteiger partial charge in [0, 0.05) is 12.6 Å². The summed E-state index contributed by atoms with van der Waals surface area (Å²) in [6.07, 6.45) is 0.338. The molecule has 37 heavy (non-hydrogen) atoms. The average molecular weight is 531 g/mol. The summed E-state index contributed by atoms with van der Waals surface area (Å²) in [4.78, 5) is 19.0. The second kappa shape index (κ2) is 11.3. The molecule has 194 valence electrons. The highest BCUT2D eigenvalue weighted by Crippen LogP contribution is 2.41. The minimum absolute atomic E-state index is 0.0720. The van der Waals surface area contributed by atoms with Gasteiger partial charge in [0.15, 0.2) is 11.5 Å². The quantitative estimate of drug-likeness (QED) is 0.466. The highest BCUT2D eigenvalue weighted by molar-refractivity contribution is 8.18. The third kappa shape index (κ3) is 6.45. The lowest BCUT2D eigenvalue weighted by Crippen LogP contribution is -2.31.